The highest BCUT2D eigenvalue weighted by Gasteiger charge is 2.25. The third kappa shape index (κ3) is 4.52. The molecule has 1 atom stereocenters. The van der Waals surface area contributed by atoms with Crippen LogP contribution in [0.3, 0.4) is 0 Å². The Morgan fingerprint density at radius 3 is 2.79 bits per heavy atom. The number of amides is 1. The molecule has 1 aromatic heterocycles. The van der Waals surface area contributed by atoms with E-state index < -0.39 is 5.82 Å². The van der Waals surface area contributed by atoms with E-state index in [2.05, 4.69) is 17.3 Å². The van der Waals surface area contributed by atoms with Crippen LogP contribution in [0.15, 0.2) is 59.0 Å². The van der Waals surface area contributed by atoms with E-state index >= 15 is 0 Å². The predicted octanol–water partition coefficient (Wildman–Crippen LogP) is 5.49. The van der Waals surface area contributed by atoms with Crippen molar-refractivity contribution in [2.24, 2.45) is 5.92 Å². The molecule has 0 radical (unpaired) electrons. The molecule has 1 fully saturated rings. The number of halogens is 1. The molecule has 0 aliphatic carbocycles. The van der Waals surface area contributed by atoms with Crippen LogP contribution in [0.25, 0.3) is 23.0 Å². The molecule has 2 aliphatic rings. The molecule has 1 N–H and O–H groups in total. The van der Waals surface area contributed by atoms with Gasteiger partial charge in [-0.1, -0.05) is 24.3 Å². The topological polar surface area (TPSA) is 62.6 Å². The molecule has 2 aliphatic heterocycles. The van der Waals surface area contributed by atoms with Crippen LogP contribution < -0.4 is 5.32 Å². The summed E-state index contributed by atoms with van der Waals surface area (Å²) in [6.45, 7) is 2.08. The SMILES string of the molecule is CN1CCCC(CC(=O)c2ccc(-c3ccc(/C=C4/C(=O)Nc5ccc(F)cc54)o3)cc2)C1. The van der Waals surface area contributed by atoms with Crippen LogP contribution in [0, 0.1) is 11.7 Å². The van der Waals surface area contributed by atoms with Gasteiger partial charge in [0, 0.05) is 35.3 Å². The Morgan fingerprint density at radius 1 is 1.18 bits per heavy atom. The van der Waals surface area contributed by atoms with Gasteiger partial charge in [0.25, 0.3) is 5.91 Å². The first-order chi connectivity index (χ1) is 16.0. The van der Waals surface area contributed by atoms with Gasteiger partial charge in [-0.05, 0) is 68.8 Å². The van der Waals surface area contributed by atoms with Crippen LogP contribution >= 0.6 is 0 Å². The molecule has 6 heteroatoms. The summed E-state index contributed by atoms with van der Waals surface area (Å²) in [6.07, 6.45) is 4.44. The fourth-order valence-electron chi connectivity index (χ4n) is 4.67. The Hall–Kier alpha value is -3.51. The van der Waals surface area contributed by atoms with Crippen molar-refractivity contribution in [3.05, 3.63) is 77.3 Å². The lowest BCUT2D eigenvalue weighted by Gasteiger charge is -2.29. The fourth-order valence-corrected chi connectivity index (χ4v) is 4.67. The van der Waals surface area contributed by atoms with Gasteiger partial charge in [-0.3, -0.25) is 9.59 Å². The van der Waals surface area contributed by atoms with Crippen molar-refractivity contribution in [2.45, 2.75) is 19.3 Å². The standard InChI is InChI=1S/C27H25FN2O3/c1-30-12-2-3-17(16-30)13-25(31)18-4-6-19(7-5-18)26-11-9-21(33-26)15-23-22-14-20(28)8-10-24(22)29-27(23)32/h4-11,14-15,17H,2-3,12-13,16H2,1H3,(H,29,32)/b23-15+. The molecule has 0 bridgehead atoms. The minimum atomic E-state index is -0.401. The van der Waals surface area contributed by atoms with Gasteiger partial charge in [-0.15, -0.1) is 0 Å². The summed E-state index contributed by atoms with van der Waals surface area (Å²) in [5.41, 5.74) is 3.02. The van der Waals surface area contributed by atoms with Gasteiger partial charge >= 0.3 is 0 Å². The zero-order chi connectivity index (χ0) is 22.9. The summed E-state index contributed by atoms with van der Waals surface area (Å²) >= 11 is 0. The second-order valence-corrected chi connectivity index (χ2v) is 8.88. The maximum absolute atomic E-state index is 13.6. The number of nitrogens with one attached hydrogen (secondary N) is 1. The molecule has 168 valence electrons. The predicted molar refractivity (Wildman–Crippen MR) is 126 cm³/mol. The van der Waals surface area contributed by atoms with Crippen molar-refractivity contribution in [3.63, 3.8) is 0 Å². The van der Waals surface area contributed by atoms with Gasteiger partial charge in [0.15, 0.2) is 5.78 Å². The summed E-state index contributed by atoms with van der Waals surface area (Å²) in [5.74, 6) is 1.02. The fraction of sp³-hybridized carbons (Fsp3) is 0.259. The largest absolute Gasteiger partial charge is 0.457 e. The van der Waals surface area contributed by atoms with Crippen LogP contribution in [0.2, 0.25) is 0 Å². The zero-order valence-corrected chi connectivity index (χ0v) is 18.4. The summed E-state index contributed by atoms with van der Waals surface area (Å²) in [4.78, 5) is 27.3. The Labute approximate surface area is 191 Å². The number of benzene rings is 2. The van der Waals surface area contributed by atoms with Gasteiger partial charge in [0.05, 0.1) is 5.57 Å². The van der Waals surface area contributed by atoms with Crippen LogP contribution in [-0.4, -0.2) is 36.7 Å². The quantitative estimate of drug-likeness (QED) is 0.417. The summed E-state index contributed by atoms with van der Waals surface area (Å²) < 4.78 is 19.6. The summed E-state index contributed by atoms with van der Waals surface area (Å²) in [6, 6.07) is 15.2. The van der Waals surface area contributed by atoms with E-state index in [0.29, 0.717) is 46.2 Å². The van der Waals surface area contributed by atoms with Crippen LogP contribution in [-0.2, 0) is 4.79 Å². The lowest BCUT2D eigenvalue weighted by Crippen LogP contribution is -2.33. The number of anilines is 1. The first-order valence-electron chi connectivity index (χ1n) is 11.2. The van der Waals surface area contributed by atoms with Crippen LogP contribution in [0.4, 0.5) is 10.1 Å². The molecule has 1 saturated heterocycles. The normalized spacial score (nSPS) is 19.5. The van der Waals surface area contributed by atoms with Gasteiger partial charge in [0.1, 0.15) is 17.3 Å². The van der Waals surface area contributed by atoms with E-state index in [-0.39, 0.29) is 11.7 Å². The summed E-state index contributed by atoms with van der Waals surface area (Å²) in [5, 5.41) is 2.73. The number of hydrogen-bond acceptors (Lipinski definition) is 4. The molecular weight excluding hydrogens is 419 g/mol. The molecule has 0 saturated carbocycles. The highest BCUT2D eigenvalue weighted by molar-refractivity contribution is 6.34. The van der Waals surface area contributed by atoms with E-state index in [1.165, 1.54) is 12.1 Å². The molecular formula is C27H25FN2O3. The molecule has 5 rings (SSSR count). The Bertz CT molecular complexity index is 1240. The second kappa shape index (κ2) is 8.79. The van der Waals surface area contributed by atoms with E-state index in [9.17, 15) is 14.0 Å². The average Bonchev–Trinajstić information content (AvgIpc) is 3.39. The Kier molecular flexibility index (Phi) is 5.68. The maximum Gasteiger partial charge on any atom is 0.256 e. The third-order valence-corrected chi connectivity index (χ3v) is 6.37. The molecule has 2 aromatic carbocycles. The number of piperidine rings is 1. The first-order valence-corrected chi connectivity index (χ1v) is 11.2. The number of rotatable bonds is 5. The molecule has 33 heavy (non-hydrogen) atoms. The van der Waals surface area contributed by atoms with E-state index in [4.69, 9.17) is 4.42 Å². The minimum Gasteiger partial charge on any atom is -0.457 e. The maximum atomic E-state index is 13.6. The van der Waals surface area contributed by atoms with Crippen molar-refractivity contribution in [1.29, 1.82) is 0 Å². The van der Waals surface area contributed by atoms with E-state index in [1.807, 2.05) is 30.3 Å². The summed E-state index contributed by atoms with van der Waals surface area (Å²) in [7, 11) is 2.11. The molecule has 0 spiro atoms. The van der Waals surface area contributed by atoms with E-state index in [1.54, 1.807) is 18.2 Å². The first kappa shape index (κ1) is 21.3. The Morgan fingerprint density at radius 2 is 2.00 bits per heavy atom. The van der Waals surface area contributed by atoms with Gasteiger partial charge in [0.2, 0.25) is 0 Å². The third-order valence-electron chi connectivity index (χ3n) is 6.37. The van der Waals surface area contributed by atoms with Gasteiger partial charge in [-0.25, -0.2) is 4.39 Å². The van der Waals surface area contributed by atoms with Crippen molar-refractivity contribution in [3.8, 4) is 11.3 Å². The van der Waals surface area contributed by atoms with Crippen LogP contribution in [0.5, 0.6) is 0 Å². The molecule has 3 aromatic rings. The Balaban J connectivity index is 1.31. The monoisotopic (exact) mass is 444 g/mol. The number of Topliss-reactive ketones (excluding diaryl/α,β-unsaturated/α-hetero) is 1. The lowest BCUT2D eigenvalue weighted by atomic mass is 9.91. The highest BCUT2D eigenvalue weighted by Crippen LogP contribution is 2.34. The van der Waals surface area contributed by atoms with Crippen molar-refractivity contribution in [1.82, 2.24) is 4.90 Å². The van der Waals surface area contributed by atoms with E-state index in [0.717, 1.165) is 31.5 Å². The number of fused-ring (bicyclic) bond motifs is 1. The number of nitrogens with zero attached hydrogens (tertiary/aromatic N) is 1. The number of likely N-dealkylation sites (tertiary alicyclic amines) is 1. The molecule has 1 unspecified atom stereocenters. The second-order valence-electron chi connectivity index (χ2n) is 8.88. The number of ketones is 1. The minimum absolute atomic E-state index is 0.171. The number of hydrogen-bond donors (Lipinski definition) is 1. The van der Waals surface area contributed by atoms with Crippen molar-refractivity contribution < 1.29 is 18.4 Å². The number of furan rings is 1. The average molecular weight is 445 g/mol. The van der Waals surface area contributed by atoms with Crippen molar-refractivity contribution in [2.75, 3.05) is 25.5 Å². The molecule has 5 nitrogen and oxygen atoms in total. The molecule has 3 heterocycles. The lowest BCUT2D eigenvalue weighted by molar-refractivity contribution is -0.110. The van der Waals surface area contributed by atoms with Gasteiger partial charge in [-0.2, -0.15) is 0 Å². The molecule has 1 amide bonds. The van der Waals surface area contributed by atoms with Crippen molar-refractivity contribution >= 4 is 29.0 Å². The number of carbonyl (C=O) groups excluding carboxylic acids is 2. The highest BCUT2D eigenvalue weighted by atomic mass is 19.1. The zero-order valence-electron chi connectivity index (χ0n) is 18.4. The van der Waals surface area contributed by atoms with Crippen LogP contribution in [0.1, 0.15) is 40.9 Å². The smallest absolute Gasteiger partial charge is 0.256 e. The number of carbonyl (C=O) groups is 2. The van der Waals surface area contributed by atoms with Gasteiger partial charge < -0.3 is 14.6 Å².